The second kappa shape index (κ2) is 9.43. The van der Waals surface area contributed by atoms with E-state index < -0.39 is 18.3 Å². The van der Waals surface area contributed by atoms with Crippen LogP contribution in [0.2, 0.25) is 0 Å². The lowest BCUT2D eigenvalue weighted by Gasteiger charge is -2.63. The van der Waals surface area contributed by atoms with Crippen LogP contribution in [0.25, 0.3) is 0 Å². The Bertz CT molecular complexity index is 743. The quantitative estimate of drug-likeness (QED) is 0.459. The van der Waals surface area contributed by atoms with Gasteiger partial charge in [-0.25, -0.2) is 0 Å². The van der Waals surface area contributed by atoms with E-state index in [4.69, 9.17) is 0 Å². The topological polar surface area (TPSA) is 98.0 Å². The molecule has 0 spiro atoms. The number of hydrogen-bond donors (Lipinski definition) is 4. The van der Waals surface area contributed by atoms with E-state index in [0.29, 0.717) is 24.7 Å². The zero-order valence-corrected chi connectivity index (χ0v) is 22.3. The summed E-state index contributed by atoms with van der Waals surface area (Å²) in [6.07, 6.45) is 4.21. The molecule has 4 N–H and O–H groups in total. The van der Waals surface area contributed by atoms with Crippen molar-refractivity contribution in [3.63, 3.8) is 0 Å². The van der Waals surface area contributed by atoms with Crippen molar-refractivity contribution < 1.29 is 25.2 Å². The van der Waals surface area contributed by atoms with Gasteiger partial charge in [-0.1, -0.05) is 41.0 Å². The lowest BCUT2D eigenvalue weighted by Crippen LogP contribution is -2.64. The summed E-state index contributed by atoms with van der Waals surface area (Å²) in [6, 6.07) is 0. The molecular weight excluding hydrogens is 428 g/mol. The molecule has 0 amide bonds. The molecule has 3 unspecified atom stereocenters. The molecule has 0 aromatic rings. The van der Waals surface area contributed by atoms with Crippen LogP contribution < -0.4 is 0 Å². The molecule has 13 atom stereocenters. The molecule has 196 valence electrons. The van der Waals surface area contributed by atoms with E-state index in [0.717, 1.165) is 38.5 Å². The zero-order valence-electron chi connectivity index (χ0n) is 22.3. The van der Waals surface area contributed by atoms with E-state index in [1.165, 1.54) is 0 Å². The van der Waals surface area contributed by atoms with Crippen molar-refractivity contribution in [3.8, 4) is 0 Å². The van der Waals surface area contributed by atoms with Gasteiger partial charge in [0.2, 0.25) is 0 Å². The van der Waals surface area contributed by atoms with Gasteiger partial charge in [0.1, 0.15) is 5.78 Å². The fraction of sp³-hybridized carbons (Fsp3) is 0.966. The Morgan fingerprint density at radius 2 is 1.56 bits per heavy atom. The number of rotatable bonds is 6. The van der Waals surface area contributed by atoms with Crippen molar-refractivity contribution in [2.24, 2.45) is 58.2 Å². The predicted octanol–water partition coefficient (Wildman–Crippen LogP) is 4.20. The second-order valence-electron chi connectivity index (χ2n) is 13.7. The first-order chi connectivity index (χ1) is 15.8. The highest BCUT2D eigenvalue weighted by molar-refractivity contribution is 5.85. The summed E-state index contributed by atoms with van der Waals surface area (Å²) in [5, 5.41) is 43.1. The standard InChI is InChI=1S/C29H50O5/c1-15(2)19(17(4)30)8-7-16(3)21-14-23(32)25-24-20(10-12-29(21,25)6)28(5)11-9-18(31)13-22(28)26(33)27(24)34/h15-22,24-27,30-31,33-34H,7-14H2,1-6H3/t16?,17?,18-,19?,20-,21+,22+,24+,25+,26+,27+,28+,29+/m0/s1. The summed E-state index contributed by atoms with van der Waals surface area (Å²) in [6.45, 7) is 13.1. The van der Waals surface area contributed by atoms with Crippen LogP contribution in [0.1, 0.15) is 92.9 Å². The summed E-state index contributed by atoms with van der Waals surface area (Å²) >= 11 is 0. The molecule has 4 fully saturated rings. The van der Waals surface area contributed by atoms with Gasteiger partial charge in [0.15, 0.2) is 0 Å². The van der Waals surface area contributed by atoms with Crippen molar-refractivity contribution in [2.45, 2.75) is 117 Å². The van der Waals surface area contributed by atoms with Crippen LogP contribution in [-0.2, 0) is 4.79 Å². The number of ketones is 1. The number of hydrogen-bond acceptors (Lipinski definition) is 5. The van der Waals surface area contributed by atoms with Gasteiger partial charge in [0, 0.05) is 18.3 Å². The van der Waals surface area contributed by atoms with E-state index in [-0.39, 0.29) is 58.2 Å². The monoisotopic (exact) mass is 478 g/mol. The summed E-state index contributed by atoms with van der Waals surface area (Å²) in [5.74, 6) is 1.41. The molecule has 0 bridgehead atoms. The first-order valence-corrected chi connectivity index (χ1v) is 14.1. The molecule has 4 rings (SSSR count). The first kappa shape index (κ1) is 26.6. The molecule has 4 aliphatic rings. The number of carbonyl (C=O) groups excluding carboxylic acids is 1. The Balaban J connectivity index is 1.57. The molecule has 5 nitrogen and oxygen atoms in total. The van der Waals surface area contributed by atoms with Crippen LogP contribution >= 0.6 is 0 Å². The summed E-state index contributed by atoms with van der Waals surface area (Å²) in [7, 11) is 0. The minimum absolute atomic E-state index is 0.100. The van der Waals surface area contributed by atoms with Gasteiger partial charge in [0.25, 0.3) is 0 Å². The fourth-order valence-electron chi connectivity index (χ4n) is 9.70. The fourth-order valence-corrected chi connectivity index (χ4v) is 9.70. The van der Waals surface area contributed by atoms with Crippen LogP contribution in [0.5, 0.6) is 0 Å². The Labute approximate surface area is 206 Å². The number of aliphatic hydroxyl groups is 4. The average molecular weight is 479 g/mol. The van der Waals surface area contributed by atoms with Gasteiger partial charge >= 0.3 is 0 Å². The van der Waals surface area contributed by atoms with Gasteiger partial charge in [-0.15, -0.1) is 0 Å². The number of aliphatic hydroxyl groups excluding tert-OH is 4. The molecule has 0 saturated heterocycles. The second-order valence-corrected chi connectivity index (χ2v) is 13.7. The van der Waals surface area contributed by atoms with Crippen LogP contribution in [-0.4, -0.2) is 50.6 Å². The van der Waals surface area contributed by atoms with E-state index in [1.807, 2.05) is 6.92 Å². The molecule has 0 radical (unpaired) electrons. The Morgan fingerprint density at radius 3 is 2.18 bits per heavy atom. The van der Waals surface area contributed by atoms with Gasteiger partial charge in [-0.2, -0.15) is 0 Å². The third-order valence-electron chi connectivity index (χ3n) is 11.7. The lowest BCUT2D eigenvalue weighted by molar-refractivity contribution is -0.222. The zero-order chi connectivity index (χ0) is 25.2. The number of carbonyl (C=O) groups is 1. The smallest absolute Gasteiger partial charge is 0.137 e. The number of fused-ring (bicyclic) bond motifs is 5. The average Bonchev–Trinajstić information content (AvgIpc) is 3.03. The summed E-state index contributed by atoms with van der Waals surface area (Å²) in [5.41, 5.74) is -0.274. The van der Waals surface area contributed by atoms with Gasteiger partial charge in [-0.05, 0) is 91.8 Å². The largest absolute Gasteiger partial charge is 0.393 e. The third kappa shape index (κ3) is 4.11. The van der Waals surface area contributed by atoms with E-state index in [2.05, 4.69) is 34.6 Å². The van der Waals surface area contributed by atoms with Crippen molar-refractivity contribution in [2.75, 3.05) is 0 Å². The molecule has 0 aromatic carbocycles. The normalized spacial score (nSPS) is 49.2. The lowest BCUT2D eigenvalue weighted by atomic mass is 9.43. The van der Waals surface area contributed by atoms with E-state index in [9.17, 15) is 25.2 Å². The van der Waals surface area contributed by atoms with Gasteiger partial charge in [-0.3, -0.25) is 4.79 Å². The van der Waals surface area contributed by atoms with Crippen molar-refractivity contribution >= 4 is 5.78 Å². The highest BCUT2D eigenvalue weighted by Gasteiger charge is 2.67. The maximum Gasteiger partial charge on any atom is 0.137 e. The van der Waals surface area contributed by atoms with Gasteiger partial charge < -0.3 is 20.4 Å². The Morgan fingerprint density at radius 1 is 0.912 bits per heavy atom. The first-order valence-electron chi connectivity index (χ1n) is 14.1. The van der Waals surface area contributed by atoms with Crippen molar-refractivity contribution in [1.82, 2.24) is 0 Å². The molecule has 4 aliphatic carbocycles. The van der Waals surface area contributed by atoms with Crippen LogP contribution in [0.3, 0.4) is 0 Å². The molecule has 0 aromatic heterocycles. The van der Waals surface area contributed by atoms with Crippen LogP contribution in [0, 0.1) is 58.2 Å². The molecule has 4 saturated carbocycles. The van der Waals surface area contributed by atoms with Crippen LogP contribution in [0.4, 0.5) is 0 Å². The summed E-state index contributed by atoms with van der Waals surface area (Å²) < 4.78 is 0. The SMILES string of the molecule is CC(C)C(CCC(C)[C@H]1CC(=O)[C@@H]2[C@@H]3[C@@H](O)[C@H](O)[C@H]4C[C@@H](O)CC[C@]4(C)[C@H]3CC[C@]12C)C(C)O. The third-order valence-corrected chi connectivity index (χ3v) is 11.7. The number of Topliss-reactive ketones (excluding diaryl/α,β-unsaturated/α-hetero) is 1. The van der Waals surface area contributed by atoms with Crippen molar-refractivity contribution in [1.29, 1.82) is 0 Å². The predicted molar refractivity (Wildman–Crippen MR) is 133 cm³/mol. The Kier molecular flexibility index (Phi) is 7.37. The van der Waals surface area contributed by atoms with E-state index in [1.54, 1.807) is 0 Å². The molecule has 0 heterocycles. The van der Waals surface area contributed by atoms with Crippen molar-refractivity contribution in [3.05, 3.63) is 0 Å². The maximum absolute atomic E-state index is 13.6. The molecule has 5 heteroatoms. The minimum Gasteiger partial charge on any atom is -0.393 e. The molecule has 0 aliphatic heterocycles. The highest BCUT2D eigenvalue weighted by Crippen LogP contribution is 2.67. The molecular formula is C29H50O5. The highest BCUT2D eigenvalue weighted by atomic mass is 16.3. The minimum atomic E-state index is -0.892. The van der Waals surface area contributed by atoms with Crippen LogP contribution in [0.15, 0.2) is 0 Å². The Hall–Kier alpha value is -0.490. The maximum atomic E-state index is 13.6. The van der Waals surface area contributed by atoms with Gasteiger partial charge in [0.05, 0.1) is 24.4 Å². The summed E-state index contributed by atoms with van der Waals surface area (Å²) in [4.78, 5) is 13.6. The molecule has 34 heavy (non-hydrogen) atoms. The van der Waals surface area contributed by atoms with E-state index >= 15 is 0 Å².